The van der Waals surface area contributed by atoms with Crippen molar-refractivity contribution in [2.75, 3.05) is 26.2 Å². The van der Waals surface area contributed by atoms with Crippen molar-refractivity contribution in [2.45, 2.75) is 90.0 Å². The Morgan fingerprint density at radius 1 is 0.939 bits per heavy atom. The lowest BCUT2D eigenvalue weighted by Crippen LogP contribution is -2.41. The summed E-state index contributed by atoms with van der Waals surface area (Å²) in [6.45, 7) is 4.65. The lowest BCUT2D eigenvalue weighted by atomic mass is 10.0. The smallest absolute Gasteiger partial charge is 0.426 e. The van der Waals surface area contributed by atoms with Gasteiger partial charge >= 0.3 is 12.2 Å². The first-order valence-corrected chi connectivity index (χ1v) is 12.9. The van der Waals surface area contributed by atoms with E-state index in [2.05, 4.69) is 41.8 Å². The van der Waals surface area contributed by atoms with E-state index in [1.54, 1.807) is 5.06 Å². The molecule has 1 atom stereocenters. The summed E-state index contributed by atoms with van der Waals surface area (Å²) in [7, 11) is 0. The maximum atomic E-state index is 12.4. The maximum absolute atomic E-state index is 12.4. The van der Waals surface area contributed by atoms with Crippen LogP contribution in [0.2, 0.25) is 0 Å². The number of piperidine rings is 1. The molecule has 1 fully saturated rings. The summed E-state index contributed by atoms with van der Waals surface area (Å²) >= 11 is 0. The third kappa shape index (κ3) is 13.1. The highest BCUT2D eigenvalue weighted by Gasteiger charge is 2.18. The number of nitrogens with zero attached hydrogens (tertiary/aromatic N) is 1. The monoisotopic (exact) mass is 461 g/mol. The molecule has 1 heterocycles. The lowest BCUT2D eigenvalue weighted by molar-refractivity contribution is -0.111. The molecule has 0 saturated carbocycles. The number of hydrogen-bond donors (Lipinski definition) is 2. The second kappa shape index (κ2) is 17.2. The average Bonchev–Trinajstić information content (AvgIpc) is 2.83. The van der Waals surface area contributed by atoms with Crippen LogP contribution >= 0.6 is 0 Å². The number of ether oxygens (including phenoxy) is 1. The van der Waals surface area contributed by atoms with Crippen LogP contribution in [0.15, 0.2) is 30.3 Å². The lowest BCUT2D eigenvalue weighted by Gasteiger charge is -2.26. The average molecular weight is 462 g/mol. The topological polar surface area (TPSA) is 79.9 Å². The Kier molecular flexibility index (Phi) is 14.1. The molecule has 0 radical (unpaired) electrons. The fraction of sp³-hybridized carbons (Fsp3) is 0.692. The molecule has 33 heavy (non-hydrogen) atoms. The zero-order valence-corrected chi connectivity index (χ0v) is 20.4. The normalized spacial score (nSPS) is 14.9. The Bertz CT molecular complexity index is 650. The number of hydroxylamine groups is 2. The van der Waals surface area contributed by atoms with Crippen molar-refractivity contribution < 1.29 is 19.2 Å². The van der Waals surface area contributed by atoms with Crippen molar-refractivity contribution in [1.82, 2.24) is 15.7 Å². The minimum absolute atomic E-state index is 0.0876. The van der Waals surface area contributed by atoms with Gasteiger partial charge in [-0.3, -0.25) is 0 Å². The molecule has 0 spiro atoms. The number of alkyl carbamates (subject to hydrolysis) is 1. The number of rotatable bonds is 15. The number of amides is 2. The number of carbonyl (C=O) groups excluding carboxylic acids is 2. The van der Waals surface area contributed by atoms with Crippen LogP contribution in [0.1, 0.15) is 83.1 Å². The van der Waals surface area contributed by atoms with Gasteiger partial charge in [0.1, 0.15) is 0 Å². The summed E-state index contributed by atoms with van der Waals surface area (Å²) in [6.07, 6.45) is 11.4. The summed E-state index contributed by atoms with van der Waals surface area (Å²) in [5.41, 5.74) is 1.32. The molecule has 2 N–H and O–H groups in total. The second-order valence-corrected chi connectivity index (χ2v) is 8.85. The molecular weight excluding hydrogens is 418 g/mol. The molecule has 2 amide bonds. The first-order valence-electron chi connectivity index (χ1n) is 12.9. The summed E-state index contributed by atoms with van der Waals surface area (Å²) in [4.78, 5) is 29.8. The van der Waals surface area contributed by atoms with Gasteiger partial charge in [0.05, 0.1) is 6.61 Å². The zero-order valence-electron chi connectivity index (χ0n) is 20.4. The molecular formula is C26H43N3O4. The van der Waals surface area contributed by atoms with Gasteiger partial charge in [-0.25, -0.2) is 9.59 Å². The van der Waals surface area contributed by atoms with Gasteiger partial charge in [-0.1, -0.05) is 69.4 Å². The molecule has 1 aliphatic heterocycles. The fourth-order valence-electron chi connectivity index (χ4n) is 4.01. The van der Waals surface area contributed by atoms with Crippen molar-refractivity contribution in [2.24, 2.45) is 0 Å². The van der Waals surface area contributed by atoms with E-state index in [0.717, 1.165) is 64.5 Å². The highest BCUT2D eigenvalue weighted by Crippen LogP contribution is 2.12. The van der Waals surface area contributed by atoms with Crippen LogP contribution in [-0.2, 0) is 16.0 Å². The third-order valence-electron chi connectivity index (χ3n) is 5.96. The highest BCUT2D eigenvalue weighted by molar-refractivity contribution is 5.67. The molecule has 1 aliphatic rings. The van der Waals surface area contributed by atoms with Crippen molar-refractivity contribution >= 4 is 12.2 Å². The van der Waals surface area contributed by atoms with E-state index < -0.39 is 6.09 Å². The van der Waals surface area contributed by atoms with Gasteiger partial charge in [0.25, 0.3) is 0 Å². The van der Waals surface area contributed by atoms with Gasteiger partial charge in [0.15, 0.2) is 0 Å². The molecule has 186 valence electrons. The molecule has 1 aromatic carbocycles. The van der Waals surface area contributed by atoms with Crippen LogP contribution in [-0.4, -0.2) is 49.5 Å². The molecule has 1 saturated heterocycles. The van der Waals surface area contributed by atoms with Crippen LogP contribution in [0, 0.1) is 0 Å². The Balaban J connectivity index is 1.70. The Morgan fingerprint density at radius 3 is 2.48 bits per heavy atom. The largest absolute Gasteiger partial charge is 0.449 e. The number of benzene rings is 1. The van der Waals surface area contributed by atoms with Crippen LogP contribution in [0.5, 0.6) is 0 Å². The standard InChI is InChI=1S/C26H43N3O4/c1-2-3-4-11-19-27-25(30)32-22-18-24(17-10-9-16-23-14-7-5-8-15-23)28-26(31)33-29-20-12-6-13-21-29/h5,7-8,14-15,24H,2-4,6,9-13,16-22H2,1H3,(H,27,30)(H,28,31). The van der Waals surface area contributed by atoms with Crippen molar-refractivity contribution in [3.63, 3.8) is 0 Å². The van der Waals surface area contributed by atoms with Gasteiger partial charge < -0.3 is 20.2 Å². The summed E-state index contributed by atoms with van der Waals surface area (Å²) < 4.78 is 5.33. The summed E-state index contributed by atoms with van der Waals surface area (Å²) in [5.74, 6) is 0. The van der Waals surface area contributed by atoms with E-state index in [1.165, 1.54) is 24.8 Å². The summed E-state index contributed by atoms with van der Waals surface area (Å²) in [6, 6.07) is 10.3. The summed E-state index contributed by atoms with van der Waals surface area (Å²) in [5, 5.41) is 7.53. The van der Waals surface area contributed by atoms with Crippen LogP contribution in [0.4, 0.5) is 9.59 Å². The first-order chi connectivity index (χ1) is 16.2. The molecule has 2 rings (SSSR count). The van der Waals surface area contributed by atoms with Crippen molar-refractivity contribution in [3.8, 4) is 0 Å². The number of unbranched alkanes of at least 4 members (excludes halogenated alkanes) is 4. The third-order valence-corrected chi connectivity index (χ3v) is 5.96. The van der Waals surface area contributed by atoms with Gasteiger partial charge in [-0.2, -0.15) is 0 Å². The fourth-order valence-corrected chi connectivity index (χ4v) is 4.01. The molecule has 1 aromatic rings. The van der Waals surface area contributed by atoms with E-state index in [4.69, 9.17) is 9.57 Å². The van der Waals surface area contributed by atoms with Crippen LogP contribution in [0.3, 0.4) is 0 Å². The Labute approximate surface area is 199 Å². The Morgan fingerprint density at radius 2 is 1.73 bits per heavy atom. The minimum Gasteiger partial charge on any atom is -0.449 e. The number of carbonyl (C=O) groups is 2. The Hall–Kier alpha value is -2.28. The van der Waals surface area contributed by atoms with E-state index in [9.17, 15) is 9.59 Å². The molecule has 0 bridgehead atoms. The molecule has 7 heteroatoms. The van der Waals surface area contributed by atoms with Gasteiger partial charge in [0, 0.05) is 32.1 Å². The SMILES string of the molecule is CCCCCCNC(=O)OCCC(CCCCc1ccccc1)NC(=O)ON1CCCCC1. The quantitative estimate of drug-likeness (QED) is 0.333. The minimum atomic E-state index is -0.412. The molecule has 7 nitrogen and oxygen atoms in total. The first kappa shape index (κ1) is 27.0. The highest BCUT2D eigenvalue weighted by atomic mass is 16.7. The maximum Gasteiger partial charge on any atom is 0.426 e. The van der Waals surface area contributed by atoms with E-state index in [-0.39, 0.29) is 18.7 Å². The molecule has 0 aliphatic carbocycles. The van der Waals surface area contributed by atoms with Crippen molar-refractivity contribution in [3.05, 3.63) is 35.9 Å². The van der Waals surface area contributed by atoms with Gasteiger partial charge in [-0.05, 0) is 44.1 Å². The van der Waals surface area contributed by atoms with Crippen molar-refractivity contribution in [1.29, 1.82) is 0 Å². The van der Waals surface area contributed by atoms with E-state index in [0.29, 0.717) is 13.0 Å². The van der Waals surface area contributed by atoms with Gasteiger partial charge in [-0.15, -0.1) is 5.06 Å². The van der Waals surface area contributed by atoms with Crippen LogP contribution < -0.4 is 10.6 Å². The second-order valence-electron chi connectivity index (χ2n) is 8.85. The predicted molar refractivity (Wildman–Crippen MR) is 131 cm³/mol. The zero-order chi connectivity index (χ0) is 23.6. The molecule has 0 aromatic heterocycles. The number of hydrogen-bond acceptors (Lipinski definition) is 5. The molecule has 1 unspecified atom stereocenters. The van der Waals surface area contributed by atoms with Gasteiger partial charge in [0.2, 0.25) is 0 Å². The number of aryl methyl sites for hydroxylation is 1. The van der Waals surface area contributed by atoms with E-state index >= 15 is 0 Å². The number of nitrogens with one attached hydrogen (secondary N) is 2. The van der Waals surface area contributed by atoms with E-state index in [1.807, 2.05) is 6.07 Å². The predicted octanol–water partition coefficient (Wildman–Crippen LogP) is 5.59. The van der Waals surface area contributed by atoms with Crippen LogP contribution in [0.25, 0.3) is 0 Å².